The maximum Gasteiger partial charge on any atom is 0.303 e. The van der Waals surface area contributed by atoms with Crippen LogP contribution in [-0.2, 0) is 9.59 Å². The highest BCUT2D eigenvalue weighted by molar-refractivity contribution is 6.09. The van der Waals surface area contributed by atoms with E-state index in [1.54, 1.807) is 6.08 Å². The van der Waals surface area contributed by atoms with E-state index in [1.165, 1.54) is 6.08 Å². The van der Waals surface area contributed by atoms with Crippen molar-refractivity contribution in [3.05, 3.63) is 23.3 Å². The highest BCUT2D eigenvalue weighted by atomic mass is 16.4. The number of nitrogens with zero attached hydrogens (tertiary/aromatic N) is 1. The molecule has 0 radical (unpaired) electrons. The third kappa shape index (κ3) is 2.78. The minimum atomic E-state index is -0.855. The lowest BCUT2D eigenvalue weighted by molar-refractivity contribution is -0.137. The molecule has 0 heterocycles. The van der Waals surface area contributed by atoms with Crippen molar-refractivity contribution in [2.75, 3.05) is 0 Å². The second-order valence-electron chi connectivity index (χ2n) is 7.41. The van der Waals surface area contributed by atoms with E-state index >= 15 is 0 Å². The summed E-state index contributed by atoms with van der Waals surface area (Å²) < 4.78 is 0. The first-order chi connectivity index (χ1) is 11.2. The smallest absolute Gasteiger partial charge is 0.303 e. The van der Waals surface area contributed by atoms with E-state index in [4.69, 9.17) is 11.5 Å². The molecule has 1 N–H and O–H groups in total. The molecule has 1 saturated carbocycles. The monoisotopic (exact) mass is 325 g/mol. The molecule has 0 aromatic carbocycles. The highest BCUT2D eigenvalue weighted by Crippen LogP contribution is 2.59. The van der Waals surface area contributed by atoms with Crippen molar-refractivity contribution in [3.63, 3.8) is 0 Å². The van der Waals surface area contributed by atoms with Crippen molar-refractivity contribution < 1.29 is 14.7 Å². The number of aliphatic carboxylic acids is 1. The zero-order valence-electron chi connectivity index (χ0n) is 14.4. The van der Waals surface area contributed by atoms with Crippen LogP contribution in [-0.4, -0.2) is 16.9 Å². The summed E-state index contributed by atoms with van der Waals surface area (Å²) in [5, 5.41) is 18.3. The topological polar surface area (TPSA) is 78.2 Å². The Bertz CT molecular complexity index is 716. The van der Waals surface area contributed by atoms with Crippen LogP contribution >= 0.6 is 0 Å². The number of carboxylic acid groups (broad SMARTS) is 1. The minimum absolute atomic E-state index is 0.0285. The molecule has 0 aliphatic heterocycles. The molecule has 0 bridgehead atoms. The summed E-state index contributed by atoms with van der Waals surface area (Å²) in [7, 11) is 0. The Balaban J connectivity index is 2.59. The van der Waals surface area contributed by atoms with Crippen LogP contribution in [0.1, 0.15) is 46.5 Å². The van der Waals surface area contributed by atoms with Crippen LogP contribution in [0.3, 0.4) is 0 Å². The standard InChI is InChI=1S/C20H23NO3/c1-5-20-9-6-15(13(2)3)19(4,8-7-18(23)24)17(20)10-16(22)14(11-20)12-21/h1,10-11,13,15H,6-9H2,2-4H3,(H,23,24). The quantitative estimate of drug-likeness (QED) is 0.802. The average molecular weight is 325 g/mol. The number of hydrogen-bond acceptors (Lipinski definition) is 3. The van der Waals surface area contributed by atoms with Gasteiger partial charge in [-0.2, -0.15) is 5.26 Å². The molecular weight excluding hydrogens is 302 g/mol. The Morgan fingerprint density at radius 1 is 1.54 bits per heavy atom. The maximum absolute atomic E-state index is 12.3. The van der Waals surface area contributed by atoms with Gasteiger partial charge in [-0.25, -0.2) is 0 Å². The predicted molar refractivity (Wildman–Crippen MR) is 90.6 cm³/mol. The van der Waals surface area contributed by atoms with Crippen LogP contribution in [0.4, 0.5) is 0 Å². The van der Waals surface area contributed by atoms with Gasteiger partial charge in [0.05, 0.1) is 11.0 Å². The molecule has 0 spiro atoms. The largest absolute Gasteiger partial charge is 0.481 e. The SMILES string of the molecule is C#CC12C=C(C#N)C(=O)C=C1C(C)(CCC(=O)O)C(C(C)C)CC2. The molecule has 4 nitrogen and oxygen atoms in total. The summed E-state index contributed by atoms with van der Waals surface area (Å²) >= 11 is 0. The lowest BCUT2D eigenvalue weighted by Crippen LogP contribution is -2.46. The predicted octanol–water partition coefficient (Wildman–Crippen LogP) is 3.50. The van der Waals surface area contributed by atoms with Gasteiger partial charge in [-0.05, 0) is 54.2 Å². The van der Waals surface area contributed by atoms with Gasteiger partial charge in [-0.15, -0.1) is 6.42 Å². The van der Waals surface area contributed by atoms with Gasteiger partial charge in [0.25, 0.3) is 0 Å². The van der Waals surface area contributed by atoms with E-state index in [1.807, 2.05) is 13.0 Å². The third-order valence-electron chi connectivity index (χ3n) is 5.74. The van der Waals surface area contributed by atoms with Gasteiger partial charge >= 0.3 is 5.97 Å². The number of nitriles is 1. The third-order valence-corrected chi connectivity index (χ3v) is 5.74. The zero-order valence-corrected chi connectivity index (χ0v) is 14.4. The Kier molecular flexibility index (Phi) is 4.72. The molecule has 0 saturated heterocycles. The maximum atomic E-state index is 12.3. The fourth-order valence-electron chi connectivity index (χ4n) is 4.55. The molecule has 2 aliphatic carbocycles. The number of carboxylic acids is 1. The molecule has 2 aliphatic rings. The molecule has 3 unspecified atom stereocenters. The summed E-state index contributed by atoms with van der Waals surface area (Å²) in [5.41, 5.74) is -0.324. The summed E-state index contributed by atoms with van der Waals surface area (Å²) in [6.07, 6.45) is 11.0. The summed E-state index contributed by atoms with van der Waals surface area (Å²) in [5.74, 6) is 2.22. The number of hydrogen-bond donors (Lipinski definition) is 1. The fourth-order valence-corrected chi connectivity index (χ4v) is 4.55. The summed E-state index contributed by atoms with van der Waals surface area (Å²) in [4.78, 5) is 23.4. The van der Waals surface area contributed by atoms with E-state index in [9.17, 15) is 14.9 Å². The van der Waals surface area contributed by atoms with Crippen molar-refractivity contribution in [2.24, 2.45) is 22.7 Å². The Morgan fingerprint density at radius 2 is 2.21 bits per heavy atom. The number of carbonyl (C=O) groups is 2. The Hall–Kier alpha value is -2.33. The van der Waals surface area contributed by atoms with Gasteiger partial charge in [0, 0.05) is 6.42 Å². The first kappa shape index (κ1) is 18.0. The van der Waals surface area contributed by atoms with Gasteiger partial charge in [0.1, 0.15) is 6.07 Å². The molecule has 0 aromatic heterocycles. The Morgan fingerprint density at radius 3 is 2.71 bits per heavy atom. The van der Waals surface area contributed by atoms with Crippen LogP contribution in [0.25, 0.3) is 0 Å². The fraction of sp³-hybridized carbons (Fsp3) is 0.550. The second kappa shape index (κ2) is 6.29. The number of rotatable bonds is 4. The van der Waals surface area contributed by atoms with Crippen molar-refractivity contribution >= 4 is 11.8 Å². The highest BCUT2D eigenvalue weighted by Gasteiger charge is 2.52. The molecular formula is C20H23NO3. The number of ketones is 1. The molecule has 0 amide bonds. The van der Waals surface area contributed by atoms with E-state index in [2.05, 4.69) is 19.8 Å². The molecule has 4 heteroatoms. The molecule has 0 aromatic rings. The number of carbonyl (C=O) groups excluding carboxylic acids is 1. The van der Waals surface area contributed by atoms with Crippen molar-refractivity contribution in [1.29, 1.82) is 5.26 Å². The van der Waals surface area contributed by atoms with Gasteiger partial charge < -0.3 is 5.11 Å². The first-order valence-corrected chi connectivity index (χ1v) is 8.29. The Labute approximate surface area is 143 Å². The normalized spacial score (nSPS) is 32.2. The van der Waals surface area contributed by atoms with E-state index in [0.717, 1.165) is 12.0 Å². The summed E-state index contributed by atoms with van der Waals surface area (Å²) in [6, 6.07) is 1.93. The zero-order chi connectivity index (χ0) is 18.1. The molecule has 126 valence electrons. The van der Waals surface area contributed by atoms with Crippen molar-refractivity contribution in [3.8, 4) is 18.4 Å². The molecule has 24 heavy (non-hydrogen) atoms. The van der Waals surface area contributed by atoms with Gasteiger partial charge in [0.15, 0.2) is 5.78 Å². The van der Waals surface area contributed by atoms with Crippen LogP contribution in [0.5, 0.6) is 0 Å². The van der Waals surface area contributed by atoms with Crippen LogP contribution in [0.15, 0.2) is 23.3 Å². The van der Waals surface area contributed by atoms with Crippen molar-refractivity contribution in [1.82, 2.24) is 0 Å². The lowest BCUT2D eigenvalue weighted by atomic mass is 9.50. The van der Waals surface area contributed by atoms with Crippen molar-refractivity contribution in [2.45, 2.75) is 46.5 Å². The van der Waals surface area contributed by atoms with Gasteiger partial charge in [-0.1, -0.05) is 26.7 Å². The molecule has 3 atom stereocenters. The summed E-state index contributed by atoms with van der Waals surface area (Å²) in [6.45, 7) is 6.26. The van der Waals surface area contributed by atoms with Crippen LogP contribution in [0, 0.1) is 46.3 Å². The number of fused-ring (bicyclic) bond motifs is 1. The first-order valence-electron chi connectivity index (χ1n) is 8.29. The van der Waals surface area contributed by atoms with E-state index in [0.29, 0.717) is 18.8 Å². The lowest BCUT2D eigenvalue weighted by Gasteiger charge is -2.53. The number of allylic oxidation sites excluding steroid dienone is 4. The van der Waals surface area contributed by atoms with E-state index < -0.39 is 16.8 Å². The molecule has 1 fully saturated rings. The van der Waals surface area contributed by atoms with Crippen LogP contribution < -0.4 is 0 Å². The second-order valence-corrected chi connectivity index (χ2v) is 7.41. The molecule has 2 rings (SSSR count). The van der Waals surface area contributed by atoms with Gasteiger partial charge in [-0.3, -0.25) is 9.59 Å². The average Bonchev–Trinajstić information content (AvgIpc) is 2.53. The van der Waals surface area contributed by atoms with Crippen LogP contribution in [0.2, 0.25) is 0 Å². The van der Waals surface area contributed by atoms with Gasteiger partial charge in [0.2, 0.25) is 0 Å². The van der Waals surface area contributed by atoms with E-state index in [-0.39, 0.29) is 23.7 Å². The minimum Gasteiger partial charge on any atom is -0.481 e. The number of terminal acetylenes is 1.